The maximum absolute atomic E-state index is 11.0. The monoisotopic (exact) mass is 264 g/mol. The Hall–Kier alpha value is -1.88. The summed E-state index contributed by atoms with van der Waals surface area (Å²) in [7, 11) is 0. The minimum atomic E-state index is -1.60. The summed E-state index contributed by atoms with van der Waals surface area (Å²) >= 11 is 0. The molecule has 1 aromatic carbocycles. The van der Waals surface area contributed by atoms with Gasteiger partial charge in [0.2, 0.25) is 0 Å². The largest absolute Gasteiger partial charge is 0.480 e. The SMILES string of the molecule is O=C(O)C1(C(=O)O)CC(COCc2ccccc2)C1. The lowest BCUT2D eigenvalue weighted by Gasteiger charge is -2.40. The Labute approximate surface area is 110 Å². The van der Waals surface area contributed by atoms with E-state index in [1.807, 2.05) is 30.3 Å². The summed E-state index contributed by atoms with van der Waals surface area (Å²) in [6.07, 6.45) is 0.291. The van der Waals surface area contributed by atoms with Crippen LogP contribution in [0, 0.1) is 11.3 Å². The molecule has 19 heavy (non-hydrogen) atoms. The molecule has 0 bridgehead atoms. The Kier molecular flexibility index (Phi) is 3.85. The Bertz CT molecular complexity index is 446. The van der Waals surface area contributed by atoms with Crippen LogP contribution in [0.3, 0.4) is 0 Å². The van der Waals surface area contributed by atoms with Gasteiger partial charge in [-0.25, -0.2) is 0 Å². The van der Waals surface area contributed by atoms with E-state index < -0.39 is 17.4 Å². The maximum atomic E-state index is 11.0. The molecule has 0 aromatic heterocycles. The van der Waals surface area contributed by atoms with Crippen LogP contribution in [0.2, 0.25) is 0 Å². The average Bonchev–Trinajstić information content (AvgIpc) is 2.32. The first-order valence-electron chi connectivity index (χ1n) is 6.13. The molecule has 0 heterocycles. The molecule has 0 spiro atoms. The maximum Gasteiger partial charge on any atom is 0.321 e. The highest BCUT2D eigenvalue weighted by atomic mass is 16.5. The van der Waals surface area contributed by atoms with Crippen molar-refractivity contribution in [2.45, 2.75) is 19.4 Å². The average molecular weight is 264 g/mol. The van der Waals surface area contributed by atoms with Crippen LogP contribution in [0.15, 0.2) is 30.3 Å². The van der Waals surface area contributed by atoms with Crippen molar-refractivity contribution in [3.63, 3.8) is 0 Å². The molecule has 1 saturated carbocycles. The number of rotatable bonds is 6. The number of carboxylic acids is 2. The number of carboxylic acid groups (broad SMARTS) is 2. The minimum absolute atomic E-state index is 0.0101. The zero-order valence-corrected chi connectivity index (χ0v) is 10.4. The topological polar surface area (TPSA) is 83.8 Å². The zero-order valence-electron chi connectivity index (χ0n) is 10.4. The molecule has 0 saturated heterocycles. The number of hydrogen-bond acceptors (Lipinski definition) is 3. The Morgan fingerprint density at radius 1 is 1.16 bits per heavy atom. The second-order valence-corrected chi connectivity index (χ2v) is 4.97. The van der Waals surface area contributed by atoms with Gasteiger partial charge < -0.3 is 14.9 Å². The molecule has 1 fully saturated rings. The van der Waals surface area contributed by atoms with Gasteiger partial charge in [-0.3, -0.25) is 9.59 Å². The fourth-order valence-electron chi connectivity index (χ4n) is 2.40. The smallest absolute Gasteiger partial charge is 0.321 e. The van der Waals surface area contributed by atoms with Crippen LogP contribution in [-0.2, 0) is 20.9 Å². The van der Waals surface area contributed by atoms with Crippen LogP contribution in [0.1, 0.15) is 18.4 Å². The standard InChI is InChI=1S/C14H16O5/c15-12(16)14(13(17)18)6-11(7-14)9-19-8-10-4-2-1-3-5-10/h1-5,11H,6-9H2,(H,15,16)(H,17,18). The van der Waals surface area contributed by atoms with Gasteiger partial charge in [-0.05, 0) is 24.3 Å². The third kappa shape index (κ3) is 2.76. The van der Waals surface area contributed by atoms with E-state index in [1.54, 1.807) is 0 Å². The van der Waals surface area contributed by atoms with Crippen molar-refractivity contribution < 1.29 is 24.5 Å². The summed E-state index contributed by atoms with van der Waals surface area (Å²) in [5.41, 5.74) is -0.551. The predicted octanol–water partition coefficient (Wildman–Crippen LogP) is 1.77. The lowest BCUT2D eigenvalue weighted by molar-refractivity contribution is -0.177. The van der Waals surface area contributed by atoms with Gasteiger partial charge in [-0.1, -0.05) is 30.3 Å². The van der Waals surface area contributed by atoms with Gasteiger partial charge in [0.15, 0.2) is 5.41 Å². The highest BCUT2D eigenvalue weighted by molar-refractivity contribution is 5.99. The lowest BCUT2D eigenvalue weighted by atomic mass is 9.62. The van der Waals surface area contributed by atoms with Gasteiger partial charge in [0.25, 0.3) is 0 Å². The third-order valence-electron chi connectivity index (χ3n) is 3.56. The molecule has 2 N–H and O–H groups in total. The molecule has 0 aliphatic heterocycles. The molecule has 0 unspecified atom stereocenters. The molecule has 0 amide bonds. The quantitative estimate of drug-likeness (QED) is 0.765. The summed E-state index contributed by atoms with van der Waals surface area (Å²) < 4.78 is 5.49. The Morgan fingerprint density at radius 2 is 1.74 bits per heavy atom. The number of carbonyl (C=O) groups is 2. The molecular weight excluding hydrogens is 248 g/mol. The van der Waals surface area contributed by atoms with Crippen LogP contribution < -0.4 is 0 Å². The molecule has 102 valence electrons. The summed E-state index contributed by atoms with van der Waals surface area (Å²) in [5, 5.41) is 17.9. The van der Waals surface area contributed by atoms with Gasteiger partial charge in [-0.15, -0.1) is 0 Å². The summed E-state index contributed by atoms with van der Waals surface area (Å²) in [6.45, 7) is 0.863. The number of aliphatic carboxylic acids is 2. The van der Waals surface area contributed by atoms with Gasteiger partial charge in [0, 0.05) is 6.61 Å². The summed E-state index contributed by atoms with van der Waals surface area (Å²) in [5.74, 6) is -2.49. The van der Waals surface area contributed by atoms with Crippen LogP contribution in [0.4, 0.5) is 0 Å². The van der Waals surface area contributed by atoms with Crippen molar-refractivity contribution in [3.8, 4) is 0 Å². The molecule has 5 heteroatoms. The van der Waals surface area contributed by atoms with E-state index in [2.05, 4.69) is 0 Å². The third-order valence-corrected chi connectivity index (χ3v) is 3.56. The Morgan fingerprint density at radius 3 is 2.26 bits per heavy atom. The van der Waals surface area contributed by atoms with Gasteiger partial charge in [0.1, 0.15) is 0 Å². The van der Waals surface area contributed by atoms with E-state index in [-0.39, 0.29) is 18.8 Å². The molecule has 5 nitrogen and oxygen atoms in total. The molecule has 1 aliphatic rings. The first kappa shape index (κ1) is 13.5. The number of benzene rings is 1. The first-order chi connectivity index (χ1) is 9.04. The second-order valence-electron chi connectivity index (χ2n) is 4.97. The molecule has 0 radical (unpaired) electrons. The predicted molar refractivity (Wildman–Crippen MR) is 66.5 cm³/mol. The van der Waals surface area contributed by atoms with Crippen molar-refractivity contribution in [2.24, 2.45) is 11.3 Å². The van der Waals surface area contributed by atoms with Crippen molar-refractivity contribution in [3.05, 3.63) is 35.9 Å². The highest BCUT2D eigenvalue weighted by Crippen LogP contribution is 2.46. The molecular formula is C14H16O5. The van der Waals surface area contributed by atoms with Crippen LogP contribution >= 0.6 is 0 Å². The summed E-state index contributed by atoms with van der Waals surface area (Å²) in [6, 6.07) is 9.65. The van der Waals surface area contributed by atoms with E-state index >= 15 is 0 Å². The van der Waals surface area contributed by atoms with Gasteiger partial charge >= 0.3 is 11.9 Å². The van der Waals surface area contributed by atoms with E-state index in [9.17, 15) is 9.59 Å². The van der Waals surface area contributed by atoms with Crippen molar-refractivity contribution in [2.75, 3.05) is 6.61 Å². The number of ether oxygens (including phenoxy) is 1. The Balaban J connectivity index is 1.76. The van der Waals surface area contributed by atoms with Crippen molar-refractivity contribution >= 4 is 11.9 Å². The van der Waals surface area contributed by atoms with E-state index in [4.69, 9.17) is 14.9 Å². The first-order valence-corrected chi connectivity index (χ1v) is 6.13. The van der Waals surface area contributed by atoms with Gasteiger partial charge in [0.05, 0.1) is 6.61 Å². The molecule has 1 aliphatic carbocycles. The van der Waals surface area contributed by atoms with Crippen LogP contribution in [-0.4, -0.2) is 28.8 Å². The molecule has 1 aromatic rings. The van der Waals surface area contributed by atoms with Gasteiger partial charge in [-0.2, -0.15) is 0 Å². The fourth-order valence-corrected chi connectivity index (χ4v) is 2.40. The van der Waals surface area contributed by atoms with Crippen molar-refractivity contribution in [1.82, 2.24) is 0 Å². The summed E-state index contributed by atoms with van der Waals surface area (Å²) in [4.78, 5) is 21.9. The molecule has 2 rings (SSSR count). The fraction of sp³-hybridized carbons (Fsp3) is 0.429. The highest BCUT2D eigenvalue weighted by Gasteiger charge is 2.56. The van der Waals surface area contributed by atoms with E-state index in [1.165, 1.54) is 0 Å². The normalized spacial score (nSPS) is 17.7. The zero-order chi connectivity index (χ0) is 13.9. The van der Waals surface area contributed by atoms with E-state index in [0.29, 0.717) is 13.2 Å². The lowest BCUT2D eigenvalue weighted by Crippen LogP contribution is -2.51. The van der Waals surface area contributed by atoms with Crippen LogP contribution in [0.5, 0.6) is 0 Å². The van der Waals surface area contributed by atoms with Crippen molar-refractivity contribution in [1.29, 1.82) is 0 Å². The van der Waals surface area contributed by atoms with Crippen LogP contribution in [0.25, 0.3) is 0 Å². The minimum Gasteiger partial charge on any atom is -0.480 e. The molecule has 0 atom stereocenters. The van der Waals surface area contributed by atoms with E-state index in [0.717, 1.165) is 5.56 Å². The second kappa shape index (κ2) is 5.40. The number of hydrogen-bond donors (Lipinski definition) is 2.